The highest BCUT2D eigenvalue weighted by molar-refractivity contribution is 6.71. The van der Waals surface area contributed by atoms with E-state index in [2.05, 4.69) is 5.32 Å². The molecule has 0 spiro atoms. The van der Waals surface area contributed by atoms with E-state index in [1.165, 1.54) is 6.42 Å². The molecule has 0 saturated heterocycles. The lowest BCUT2D eigenvalue weighted by molar-refractivity contribution is -0.137. The van der Waals surface area contributed by atoms with Gasteiger partial charge in [0.05, 0.1) is 0 Å². The third-order valence-electron chi connectivity index (χ3n) is 2.80. The van der Waals surface area contributed by atoms with Crippen molar-refractivity contribution < 1.29 is 14.0 Å². The maximum absolute atomic E-state index is 11.8. The number of rotatable bonds is 4. The van der Waals surface area contributed by atoms with Crippen LogP contribution in [0, 0.1) is 5.92 Å². The van der Waals surface area contributed by atoms with Crippen molar-refractivity contribution in [3.8, 4) is 0 Å². The Morgan fingerprint density at radius 2 is 1.76 bits per heavy atom. The second-order valence-electron chi connectivity index (χ2n) is 5.64. The van der Waals surface area contributed by atoms with Gasteiger partial charge in [0.2, 0.25) is 14.2 Å². The van der Waals surface area contributed by atoms with Crippen LogP contribution < -0.4 is 5.32 Å². The summed E-state index contributed by atoms with van der Waals surface area (Å²) in [5.41, 5.74) is 0. The quantitative estimate of drug-likeness (QED) is 0.784. The summed E-state index contributed by atoms with van der Waals surface area (Å²) in [6.45, 7) is 5.87. The van der Waals surface area contributed by atoms with Gasteiger partial charge in [0, 0.05) is 5.92 Å². The molecule has 0 aromatic heterocycles. The lowest BCUT2D eigenvalue weighted by Crippen LogP contribution is -2.39. The van der Waals surface area contributed by atoms with E-state index in [0.29, 0.717) is 0 Å². The number of carbonyl (C=O) groups excluding carboxylic acids is 2. The summed E-state index contributed by atoms with van der Waals surface area (Å²) in [6, 6.07) is 0. The van der Waals surface area contributed by atoms with Crippen LogP contribution in [0.15, 0.2) is 0 Å². The molecule has 4 nitrogen and oxygen atoms in total. The van der Waals surface area contributed by atoms with E-state index in [-0.39, 0.29) is 24.3 Å². The van der Waals surface area contributed by atoms with Crippen molar-refractivity contribution >= 4 is 20.2 Å². The minimum absolute atomic E-state index is 0.0113. The molecular weight excluding hydrogens is 234 g/mol. The molecule has 0 bridgehead atoms. The highest BCUT2D eigenvalue weighted by Gasteiger charge is 2.23. The Bertz CT molecular complexity index is 280. The number of hydrogen-bond acceptors (Lipinski definition) is 3. The van der Waals surface area contributed by atoms with Gasteiger partial charge in [-0.15, -0.1) is 0 Å². The van der Waals surface area contributed by atoms with Gasteiger partial charge in [-0.1, -0.05) is 19.3 Å². The Morgan fingerprint density at radius 1 is 1.18 bits per heavy atom. The van der Waals surface area contributed by atoms with Crippen molar-refractivity contribution in [3.05, 3.63) is 0 Å². The molecule has 1 aliphatic carbocycles. The van der Waals surface area contributed by atoms with Gasteiger partial charge in [-0.25, -0.2) is 0 Å². The summed E-state index contributed by atoms with van der Waals surface area (Å²) in [5.74, 6) is -0.200. The molecule has 1 fully saturated rings. The third kappa shape index (κ3) is 5.86. The Labute approximate surface area is 104 Å². The molecule has 5 heteroatoms. The largest absolute Gasteiger partial charge is 0.519 e. The van der Waals surface area contributed by atoms with Crippen LogP contribution in [0.4, 0.5) is 0 Å². The summed E-state index contributed by atoms with van der Waals surface area (Å²) in [5, 5.41) is 2.68. The molecule has 1 N–H and O–H groups in total. The number of hydrogen-bond donors (Lipinski definition) is 1. The van der Waals surface area contributed by atoms with Crippen molar-refractivity contribution in [1.82, 2.24) is 5.32 Å². The van der Waals surface area contributed by atoms with Crippen LogP contribution in [0.3, 0.4) is 0 Å². The molecule has 0 aromatic rings. The zero-order valence-corrected chi connectivity index (χ0v) is 12.0. The molecule has 1 aliphatic rings. The van der Waals surface area contributed by atoms with Crippen LogP contribution in [-0.2, 0) is 14.0 Å². The van der Waals surface area contributed by atoms with Crippen molar-refractivity contribution in [1.29, 1.82) is 0 Å². The Kier molecular flexibility index (Phi) is 5.18. The predicted molar refractivity (Wildman–Crippen MR) is 69.0 cm³/mol. The molecule has 1 saturated carbocycles. The van der Waals surface area contributed by atoms with Crippen molar-refractivity contribution in [3.63, 3.8) is 0 Å². The first-order valence-electron chi connectivity index (χ1n) is 6.38. The third-order valence-corrected chi connectivity index (χ3v) is 3.64. The fourth-order valence-corrected chi connectivity index (χ4v) is 2.80. The van der Waals surface area contributed by atoms with Crippen LogP contribution in [0.2, 0.25) is 19.6 Å². The van der Waals surface area contributed by atoms with E-state index < -0.39 is 8.32 Å². The van der Waals surface area contributed by atoms with E-state index in [1.807, 2.05) is 19.6 Å². The Morgan fingerprint density at radius 3 is 2.29 bits per heavy atom. The summed E-state index contributed by atoms with van der Waals surface area (Å²) >= 11 is 0. The smallest absolute Gasteiger partial charge is 0.312 e. The zero-order valence-electron chi connectivity index (χ0n) is 11.0. The van der Waals surface area contributed by atoms with Crippen molar-refractivity contribution in [2.75, 3.05) is 6.54 Å². The first-order valence-corrected chi connectivity index (χ1v) is 9.79. The van der Waals surface area contributed by atoms with Crippen LogP contribution in [0.25, 0.3) is 0 Å². The minimum atomic E-state index is -1.83. The summed E-state index contributed by atoms with van der Waals surface area (Å²) in [7, 11) is -1.83. The van der Waals surface area contributed by atoms with Crippen molar-refractivity contribution in [2.45, 2.75) is 51.7 Å². The lowest BCUT2D eigenvalue weighted by Gasteiger charge is -2.21. The minimum Gasteiger partial charge on any atom is -0.519 e. The topological polar surface area (TPSA) is 55.4 Å². The normalized spacial score (nSPS) is 17.6. The summed E-state index contributed by atoms with van der Waals surface area (Å²) in [4.78, 5) is 23.2. The lowest BCUT2D eigenvalue weighted by atomic mass is 9.89. The van der Waals surface area contributed by atoms with Crippen LogP contribution in [0.5, 0.6) is 0 Å². The van der Waals surface area contributed by atoms with E-state index in [4.69, 9.17) is 4.43 Å². The standard InChI is InChI=1S/C12H23NO3Si/c1-17(2,3)16-11(14)9-13-12(15)10-7-5-4-6-8-10/h10H,4-9H2,1-3H3,(H,13,15). The Hall–Kier alpha value is -0.843. The molecule has 0 atom stereocenters. The van der Waals surface area contributed by atoms with E-state index >= 15 is 0 Å². The number of amides is 1. The van der Waals surface area contributed by atoms with Crippen molar-refractivity contribution in [2.24, 2.45) is 5.92 Å². The van der Waals surface area contributed by atoms with Gasteiger partial charge in [-0.2, -0.15) is 0 Å². The van der Waals surface area contributed by atoms with Gasteiger partial charge in [0.25, 0.3) is 0 Å². The van der Waals surface area contributed by atoms with Gasteiger partial charge in [-0.3, -0.25) is 9.59 Å². The molecule has 0 unspecified atom stereocenters. The van der Waals surface area contributed by atoms with Crippen LogP contribution >= 0.6 is 0 Å². The molecule has 0 radical (unpaired) electrons. The maximum Gasteiger partial charge on any atom is 0.312 e. The van der Waals surface area contributed by atoms with E-state index in [9.17, 15) is 9.59 Å². The van der Waals surface area contributed by atoms with Gasteiger partial charge in [-0.05, 0) is 32.5 Å². The van der Waals surface area contributed by atoms with Crippen LogP contribution in [0.1, 0.15) is 32.1 Å². The maximum atomic E-state index is 11.8. The molecule has 1 rings (SSSR count). The molecule has 0 aliphatic heterocycles. The second-order valence-corrected chi connectivity index (χ2v) is 10.1. The summed E-state index contributed by atoms with van der Waals surface area (Å²) in [6.07, 6.45) is 5.38. The first kappa shape index (κ1) is 14.2. The average molecular weight is 257 g/mol. The monoisotopic (exact) mass is 257 g/mol. The SMILES string of the molecule is C[Si](C)(C)OC(=O)CNC(=O)C1CCCCC1. The molecule has 17 heavy (non-hydrogen) atoms. The molecule has 98 valence electrons. The number of carbonyl (C=O) groups is 2. The number of nitrogens with one attached hydrogen (secondary N) is 1. The Balaban J connectivity index is 2.25. The highest BCUT2D eigenvalue weighted by Crippen LogP contribution is 2.23. The fourth-order valence-electron chi connectivity index (χ4n) is 2.05. The van der Waals surface area contributed by atoms with Crippen LogP contribution in [-0.4, -0.2) is 26.7 Å². The molecule has 0 aromatic carbocycles. The van der Waals surface area contributed by atoms with Gasteiger partial charge >= 0.3 is 5.97 Å². The van der Waals surface area contributed by atoms with Gasteiger partial charge in [0.1, 0.15) is 6.54 Å². The first-order chi connectivity index (χ1) is 7.88. The highest BCUT2D eigenvalue weighted by atomic mass is 28.4. The fraction of sp³-hybridized carbons (Fsp3) is 0.833. The predicted octanol–water partition coefficient (Wildman–Crippen LogP) is 2.06. The molecular formula is C12H23NO3Si. The second kappa shape index (κ2) is 6.19. The van der Waals surface area contributed by atoms with Gasteiger partial charge < -0.3 is 9.74 Å². The van der Waals surface area contributed by atoms with E-state index in [1.54, 1.807) is 0 Å². The molecule has 0 heterocycles. The summed E-state index contributed by atoms with van der Waals surface area (Å²) < 4.78 is 5.26. The molecule has 1 amide bonds. The average Bonchev–Trinajstić information content (AvgIpc) is 2.25. The van der Waals surface area contributed by atoms with Gasteiger partial charge in [0.15, 0.2) is 0 Å². The zero-order chi connectivity index (χ0) is 12.9. The van der Waals surface area contributed by atoms with E-state index in [0.717, 1.165) is 25.7 Å².